The normalized spacial score (nSPS) is 14.4. The van der Waals surface area contributed by atoms with Crippen molar-refractivity contribution in [2.75, 3.05) is 37.6 Å². The molecule has 0 radical (unpaired) electrons. The number of aromatic nitrogens is 1. The van der Waals surface area contributed by atoms with Crippen LogP contribution in [0.25, 0.3) is 0 Å². The fraction of sp³-hybridized carbons (Fsp3) is 0.368. The van der Waals surface area contributed by atoms with Gasteiger partial charge < -0.3 is 15.1 Å². The van der Waals surface area contributed by atoms with Crippen molar-refractivity contribution in [3.8, 4) is 0 Å². The Morgan fingerprint density at radius 1 is 1.21 bits per heavy atom. The molecule has 8 nitrogen and oxygen atoms in total. The molecular formula is C19H25IN6O2. The number of nitrogens with zero attached hydrogens (tertiary/aromatic N) is 5. The van der Waals surface area contributed by atoms with Gasteiger partial charge in [-0.1, -0.05) is 18.2 Å². The number of hydrogen-bond donors (Lipinski definition) is 1. The maximum atomic E-state index is 10.9. The Morgan fingerprint density at radius 3 is 2.64 bits per heavy atom. The largest absolute Gasteiger partial charge is 0.357 e. The molecule has 1 aromatic carbocycles. The summed E-state index contributed by atoms with van der Waals surface area (Å²) in [4.78, 5) is 24.1. The van der Waals surface area contributed by atoms with E-state index in [1.807, 2.05) is 37.4 Å². The quantitative estimate of drug-likeness (QED) is 0.225. The lowest BCUT2D eigenvalue weighted by Gasteiger charge is -2.37. The van der Waals surface area contributed by atoms with E-state index in [1.54, 1.807) is 12.1 Å². The van der Waals surface area contributed by atoms with Crippen LogP contribution in [0, 0.1) is 10.1 Å². The van der Waals surface area contributed by atoms with Gasteiger partial charge in [-0.25, -0.2) is 9.98 Å². The standard InChI is InChI=1S/C19H24N6O2.HI/c1-2-20-19(22-15-16-6-5-7-17(14-16)25(26)27)24-12-10-23(11-13-24)18-8-3-4-9-21-18;/h3-9,14H,2,10-13,15H2,1H3,(H,20,22);1H. The second-order valence-corrected chi connectivity index (χ2v) is 6.26. The zero-order chi connectivity index (χ0) is 19.1. The van der Waals surface area contributed by atoms with E-state index < -0.39 is 0 Å². The Kier molecular flexibility index (Phi) is 8.42. The molecule has 0 amide bonds. The average molecular weight is 496 g/mol. The van der Waals surface area contributed by atoms with Crippen LogP contribution in [0.1, 0.15) is 12.5 Å². The van der Waals surface area contributed by atoms with Crippen molar-refractivity contribution in [2.45, 2.75) is 13.5 Å². The molecule has 1 aromatic heterocycles. The number of pyridine rings is 1. The van der Waals surface area contributed by atoms with E-state index in [9.17, 15) is 10.1 Å². The lowest BCUT2D eigenvalue weighted by atomic mass is 10.2. The monoisotopic (exact) mass is 496 g/mol. The van der Waals surface area contributed by atoms with Gasteiger partial charge in [-0.15, -0.1) is 24.0 Å². The van der Waals surface area contributed by atoms with Crippen LogP contribution in [-0.4, -0.2) is 53.5 Å². The molecule has 3 rings (SSSR count). The molecule has 0 saturated carbocycles. The molecule has 0 atom stereocenters. The van der Waals surface area contributed by atoms with Crippen LogP contribution in [0.2, 0.25) is 0 Å². The molecule has 2 aromatic rings. The Hall–Kier alpha value is -2.43. The first-order chi connectivity index (χ1) is 13.2. The first kappa shape index (κ1) is 21.9. The number of benzene rings is 1. The van der Waals surface area contributed by atoms with E-state index >= 15 is 0 Å². The zero-order valence-corrected chi connectivity index (χ0v) is 18.2. The number of hydrogen-bond acceptors (Lipinski definition) is 5. The SMILES string of the molecule is CCNC(=NCc1cccc([N+](=O)[O-])c1)N1CCN(c2ccccn2)CC1.I. The molecular weight excluding hydrogens is 471 g/mol. The van der Waals surface area contributed by atoms with Crippen molar-refractivity contribution >= 4 is 41.4 Å². The minimum Gasteiger partial charge on any atom is -0.357 e. The molecule has 1 saturated heterocycles. The van der Waals surface area contributed by atoms with Crippen molar-refractivity contribution in [3.05, 3.63) is 64.3 Å². The van der Waals surface area contributed by atoms with Gasteiger partial charge in [-0.2, -0.15) is 0 Å². The highest BCUT2D eigenvalue weighted by Crippen LogP contribution is 2.15. The van der Waals surface area contributed by atoms with Crippen LogP contribution in [0.5, 0.6) is 0 Å². The molecule has 28 heavy (non-hydrogen) atoms. The lowest BCUT2D eigenvalue weighted by molar-refractivity contribution is -0.384. The molecule has 1 N–H and O–H groups in total. The first-order valence-electron chi connectivity index (χ1n) is 9.10. The summed E-state index contributed by atoms with van der Waals surface area (Å²) in [6, 6.07) is 12.6. The van der Waals surface area contributed by atoms with Gasteiger partial charge in [0, 0.05) is 51.1 Å². The van der Waals surface area contributed by atoms with Gasteiger partial charge in [0.25, 0.3) is 5.69 Å². The third-order valence-corrected chi connectivity index (χ3v) is 4.42. The van der Waals surface area contributed by atoms with Crippen LogP contribution < -0.4 is 10.2 Å². The topological polar surface area (TPSA) is 86.9 Å². The predicted octanol–water partition coefficient (Wildman–Crippen LogP) is 2.90. The van der Waals surface area contributed by atoms with Gasteiger partial charge in [-0.05, 0) is 24.6 Å². The van der Waals surface area contributed by atoms with Crippen LogP contribution in [-0.2, 0) is 6.54 Å². The third-order valence-electron chi connectivity index (χ3n) is 4.42. The number of halogens is 1. The van der Waals surface area contributed by atoms with Crippen molar-refractivity contribution in [1.29, 1.82) is 0 Å². The van der Waals surface area contributed by atoms with Crippen LogP contribution in [0.15, 0.2) is 53.7 Å². The second-order valence-electron chi connectivity index (χ2n) is 6.26. The molecule has 150 valence electrons. The molecule has 9 heteroatoms. The Balaban J connectivity index is 0.00000280. The first-order valence-corrected chi connectivity index (χ1v) is 9.10. The van der Waals surface area contributed by atoms with E-state index in [0.717, 1.165) is 50.1 Å². The summed E-state index contributed by atoms with van der Waals surface area (Å²) >= 11 is 0. The smallest absolute Gasteiger partial charge is 0.269 e. The highest BCUT2D eigenvalue weighted by Gasteiger charge is 2.20. The maximum Gasteiger partial charge on any atom is 0.269 e. The van der Waals surface area contributed by atoms with E-state index in [2.05, 4.69) is 25.1 Å². The summed E-state index contributed by atoms with van der Waals surface area (Å²) in [6.07, 6.45) is 1.81. The Labute approximate surface area is 181 Å². The van der Waals surface area contributed by atoms with Crippen molar-refractivity contribution in [2.24, 2.45) is 4.99 Å². The minimum absolute atomic E-state index is 0. The van der Waals surface area contributed by atoms with E-state index in [-0.39, 0.29) is 34.6 Å². The number of rotatable bonds is 5. The number of piperazine rings is 1. The third kappa shape index (κ3) is 5.78. The minimum atomic E-state index is -0.380. The zero-order valence-electron chi connectivity index (χ0n) is 15.8. The van der Waals surface area contributed by atoms with Crippen LogP contribution >= 0.6 is 24.0 Å². The van der Waals surface area contributed by atoms with Crippen LogP contribution in [0.3, 0.4) is 0 Å². The number of non-ortho nitro benzene ring substituents is 1. The van der Waals surface area contributed by atoms with Gasteiger partial charge in [0.2, 0.25) is 0 Å². The van der Waals surface area contributed by atoms with Gasteiger partial charge >= 0.3 is 0 Å². The fourth-order valence-corrected chi connectivity index (χ4v) is 3.05. The van der Waals surface area contributed by atoms with Crippen molar-refractivity contribution in [1.82, 2.24) is 15.2 Å². The number of nitro groups is 1. The Morgan fingerprint density at radius 2 is 2.00 bits per heavy atom. The maximum absolute atomic E-state index is 10.9. The Bertz CT molecular complexity index is 794. The van der Waals surface area contributed by atoms with Crippen molar-refractivity contribution in [3.63, 3.8) is 0 Å². The van der Waals surface area contributed by atoms with E-state index in [1.165, 1.54) is 6.07 Å². The van der Waals surface area contributed by atoms with Crippen molar-refractivity contribution < 1.29 is 4.92 Å². The van der Waals surface area contributed by atoms with Gasteiger partial charge in [0.15, 0.2) is 5.96 Å². The fourth-order valence-electron chi connectivity index (χ4n) is 3.05. The molecule has 1 aliphatic rings. The number of nitrogens with one attached hydrogen (secondary N) is 1. The lowest BCUT2D eigenvalue weighted by Crippen LogP contribution is -2.52. The number of anilines is 1. The van der Waals surface area contributed by atoms with Gasteiger partial charge in [0.05, 0.1) is 11.5 Å². The van der Waals surface area contributed by atoms with Gasteiger partial charge in [0.1, 0.15) is 5.82 Å². The number of aliphatic imine (C=N–C) groups is 1. The van der Waals surface area contributed by atoms with E-state index in [0.29, 0.717) is 6.54 Å². The molecule has 0 spiro atoms. The summed E-state index contributed by atoms with van der Waals surface area (Å²) in [5.41, 5.74) is 0.920. The summed E-state index contributed by atoms with van der Waals surface area (Å²) < 4.78 is 0. The molecule has 0 unspecified atom stereocenters. The highest BCUT2D eigenvalue weighted by atomic mass is 127. The highest BCUT2D eigenvalue weighted by molar-refractivity contribution is 14.0. The summed E-state index contributed by atoms with van der Waals surface area (Å²) in [5.74, 6) is 1.83. The summed E-state index contributed by atoms with van der Waals surface area (Å²) in [6.45, 7) is 6.65. The van der Waals surface area contributed by atoms with E-state index in [4.69, 9.17) is 0 Å². The molecule has 0 aliphatic carbocycles. The molecule has 2 heterocycles. The summed E-state index contributed by atoms with van der Waals surface area (Å²) in [5, 5.41) is 14.3. The molecule has 1 fully saturated rings. The van der Waals surface area contributed by atoms with Gasteiger partial charge in [-0.3, -0.25) is 10.1 Å². The molecule has 0 bridgehead atoms. The van der Waals surface area contributed by atoms with Crippen LogP contribution in [0.4, 0.5) is 11.5 Å². The average Bonchev–Trinajstić information content (AvgIpc) is 2.72. The molecule has 1 aliphatic heterocycles. The predicted molar refractivity (Wildman–Crippen MR) is 121 cm³/mol. The number of nitro benzene ring substituents is 1. The second kappa shape index (κ2) is 10.8. The number of guanidine groups is 1. The summed E-state index contributed by atoms with van der Waals surface area (Å²) in [7, 11) is 0.